The number of benzene rings is 1. The fourth-order valence-corrected chi connectivity index (χ4v) is 3.47. The number of hydrogen-bond acceptors (Lipinski definition) is 6. The van der Waals surface area contributed by atoms with E-state index in [2.05, 4.69) is 25.5 Å². The van der Waals surface area contributed by atoms with Gasteiger partial charge in [0.25, 0.3) is 0 Å². The summed E-state index contributed by atoms with van der Waals surface area (Å²) in [6, 6.07) is 7.88. The predicted octanol–water partition coefficient (Wildman–Crippen LogP) is 3.98. The van der Waals surface area contributed by atoms with Gasteiger partial charge < -0.3 is 10.4 Å². The monoisotopic (exact) mass is 441 g/mol. The van der Waals surface area contributed by atoms with Crippen LogP contribution >= 0.6 is 11.6 Å². The van der Waals surface area contributed by atoms with E-state index >= 15 is 0 Å². The molecule has 10 heteroatoms. The van der Waals surface area contributed by atoms with Gasteiger partial charge >= 0.3 is 0 Å². The molecule has 0 aliphatic carbocycles. The fraction of sp³-hybridized carbons (Fsp3) is 0.238. The molecule has 0 aliphatic heterocycles. The molecule has 0 fully saturated rings. The van der Waals surface area contributed by atoms with Crippen molar-refractivity contribution in [3.63, 3.8) is 0 Å². The molecule has 160 valence electrons. The maximum absolute atomic E-state index is 13.3. The van der Waals surface area contributed by atoms with Crippen molar-refractivity contribution in [2.75, 3.05) is 11.9 Å². The minimum absolute atomic E-state index is 0.0854. The van der Waals surface area contributed by atoms with Gasteiger partial charge in [-0.1, -0.05) is 11.6 Å². The Kier molecular flexibility index (Phi) is 5.71. The molecule has 0 atom stereocenters. The Bertz CT molecular complexity index is 1230. The Balaban J connectivity index is 1.72. The molecule has 0 bridgehead atoms. The van der Waals surface area contributed by atoms with Gasteiger partial charge in [-0.3, -0.25) is 0 Å². The molecule has 0 spiro atoms. The van der Waals surface area contributed by atoms with Crippen LogP contribution in [-0.2, 0) is 6.54 Å². The molecule has 3 heterocycles. The van der Waals surface area contributed by atoms with E-state index in [0.717, 1.165) is 16.8 Å². The molecule has 0 unspecified atom stereocenters. The molecule has 0 saturated carbocycles. The molecule has 0 amide bonds. The molecule has 1 aromatic carbocycles. The number of rotatable bonds is 6. The zero-order valence-electron chi connectivity index (χ0n) is 17.3. The Morgan fingerprint density at radius 2 is 1.84 bits per heavy atom. The predicted molar refractivity (Wildman–Crippen MR) is 116 cm³/mol. The van der Waals surface area contributed by atoms with Gasteiger partial charge in [0, 0.05) is 17.2 Å². The Morgan fingerprint density at radius 1 is 1.10 bits per heavy atom. The van der Waals surface area contributed by atoms with Gasteiger partial charge in [-0.2, -0.15) is 10.2 Å². The zero-order chi connectivity index (χ0) is 22.1. The molecule has 0 saturated heterocycles. The number of aliphatic hydroxyl groups is 1. The van der Waals surface area contributed by atoms with Crippen molar-refractivity contribution < 1.29 is 9.50 Å². The lowest BCUT2D eigenvalue weighted by molar-refractivity contribution is 0.270. The van der Waals surface area contributed by atoms with Crippen molar-refractivity contribution in [1.82, 2.24) is 29.5 Å². The van der Waals surface area contributed by atoms with Gasteiger partial charge in [0.1, 0.15) is 23.8 Å². The van der Waals surface area contributed by atoms with E-state index in [-0.39, 0.29) is 19.0 Å². The van der Waals surface area contributed by atoms with Crippen LogP contribution in [0.4, 0.5) is 16.0 Å². The van der Waals surface area contributed by atoms with E-state index < -0.39 is 0 Å². The second kappa shape index (κ2) is 8.44. The molecule has 0 radical (unpaired) electrons. The van der Waals surface area contributed by atoms with Gasteiger partial charge in [0.05, 0.1) is 35.3 Å². The van der Waals surface area contributed by atoms with Crippen LogP contribution in [0, 0.1) is 26.6 Å². The molecule has 4 aromatic rings. The maximum atomic E-state index is 13.3. The first kappa shape index (κ1) is 21.0. The van der Waals surface area contributed by atoms with E-state index in [4.69, 9.17) is 11.6 Å². The molecule has 3 aromatic heterocycles. The summed E-state index contributed by atoms with van der Waals surface area (Å²) >= 11 is 6.26. The molecular weight excluding hydrogens is 421 g/mol. The summed E-state index contributed by atoms with van der Waals surface area (Å²) in [5, 5.41) is 22.4. The molecule has 2 N–H and O–H groups in total. The lowest BCUT2D eigenvalue weighted by Gasteiger charge is -2.10. The number of anilines is 2. The van der Waals surface area contributed by atoms with E-state index in [1.165, 1.54) is 18.5 Å². The van der Waals surface area contributed by atoms with Crippen LogP contribution < -0.4 is 5.32 Å². The molecule has 8 nitrogen and oxygen atoms in total. The summed E-state index contributed by atoms with van der Waals surface area (Å²) in [6.45, 7) is 5.81. The third-order valence-electron chi connectivity index (χ3n) is 4.94. The van der Waals surface area contributed by atoms with Crippen molar-refractivity contribution in [3.8, 4) is 17.1 Å². The third kappa shape index (κ3) is 4.01. The minimum atomic E-state index is -0.313. The number of halogens is 2. The van der Waals surface area contributed by atoms with Crippen LogP contribution in [-0.4, -0.2) is 41.2 Å². The number of aromatic nitrogens is 6. The highest BCUT2D eigenvalue weighted by atomic mass is 35.5. The maximum Gasteiger partial charge on any atom is 0.159 e. The van der Waals surface area contributed by atoms with Crippen LogP contribution in [0.2, 0.25) is 5.02 Å². The normalized spacial score (nSPS) is 11.2. The van der Waals surface area contributed by atoms with E-state index in [0.29, 0.717) is 33.9 Å². The highest BCUT2D eigenvalue weighted by Crippen LogP contribution is 2.30. The third-order valence-corrected chi connectivity index (χ3v) is 5.48. The van der Waals surface area contributed by atoms with Crippen molar-refractivity contribution in [2.24, 2.45) is 0 Å². The smallest absolute Gasteiger partial charge is 0.159 e. The summed E-state index contributed by atoms with van der Waals surface area (Å²) in [5.41, 5.74) is 3.81. The van der Waals surface area contributed by atoms with E-state index in [1.807, 2.05) is 20.8 Å². The summed E-state index contributed by atoms with van der Waals surface area (Å²) in [7, 11) is 0. The minimum Gasteiger partial charge on any atom is -0.394 e. The van der Waals surface area contributed by atoms with Gasteiger partial charge in [-0.05, 0) is 45.0 Å². The van der Waals surface area contributed by atoms with E-state index in [9.17, 15) is 9.50 Å². The molecular formula is C21H21ClFN7O. The van der Waals surface area contributed by atoms with E-state index in [1.54, 1.807) is 27.6 Å². The molecule has 31 heavy (non-hydrogen) atoms. The lowest BCUT2D eigenvalue weighted by atomic mass is 10.1. The van der Waals surface area contributed by atoms with Crippen molar-refractivity contribution >= 4 is 23.2 Å². The van der Waals surface area contributed by atoms with Gasteiger partial charge in [0.15, 0.2) is 5.82 Å². The van der Waals surface area contributed by atoms with Crippen LogP contribution in [0.1, 0.15) is 17.0 Å². The average Bonchev–Trinajstić information content (AvgIpc) is 3.20. The number of hydrogen-bond donors (Lipinski definition) is 2. The standard InChI is InChI=1S/C21H21ClFN7O/c1-12-20(15-4-6-16(23)7-5-15)28-29(8-9-31)21(12)26-17-10-18(25-11-24-17)30-14(3)19(22)13(2)27-30/h4-7,10-11,31H,8-9H2,1-3H3,(H,24,25,26). The second-order valence-corrected chi connectivity index (χ2v) is 7.44. The van der Waals surface area contributed by atoms with Crippen LogP contribution in [0.15, 0.2) is 36.7 Å². The summed E-state index contributed by atoms with van der Waals surface area (Å²) in [6.07, 6.45) is 1.44. The lowest BCUT2D eigenvalue weighted by Crippen LogP contribution is -2.10. The summed E-state index contributed by atoms with van der Waals surface area (Å²) in [5.74, 6) is 1.45. The zero-order valence-corrected chi connectivity index (χ0v) is 18.0. The van der Waals surface area contributed by atoms with Crippen molar-refractivity contribution in [2.45, 2.75) is 27.3 Å². The molecule has 4 rings (SSSR count). The Morgan fingerprint density at radius 3 is 2.48 bits per heavy atom. The average molecular weight is 442 g/mol. The first-order chi connectivity index (χ1) is 14.9. The SMILES string of the molecule is Cc1nn(-c2cc(Nc3c(C)c(-c4ccc(F)cc4)nn3CCO)ncn2)c(C)c1Cl. The first-order valence-electron chi connectivity index (χ1n) is 9.64. The Labute approximate surface area is 183 Å². The Hall–Kier alpha value is -3.30. The van der Waals surface area contributed by atoms with Crippen LogP contribution in [0.5, 0.6) is 0 Å². The largest absolute Gasteiger partial charge is 0.394 e. The van der Waals surface area contributed by atoms with Crippen molar-refractivity contribution in [3.05, 3.63) is 64.5 Å². The van der Waals surface area contributed by atoms with Gasteiger partial charge in [-0.25, -0.2) is 23.7 Å². The van der Waals surface area contributed by atoms with Gasteiger partial charge in [-0.15, -0.1) is 0 Å². The highest BCUT2D eigenvalue weighted by molar-refractivity contribution is 6.31. The number of nitrogens with one attached hydrogen (secondary N) is 1. The molecule has 0 aliphatic rings. The number of aryl methyl sites for hydroxylation is 1. The van der Waals surface area contributed by atoms with Crippen molar-refractivity contribution in [1.29, 1.82) is 0 Å². The highest BCUT2D eigenvalue weighted by Gasteiger charge is 2.18. The topological polar surface area (TPSA) is 93.7 Å². The number of aliphatic hydroxyl groups excluding tert-OH is 1. The number of nitrogens with zero attached hydrogens (tertiary/aromatic N) is 6. The summed E-state index contributed by atoms with van der Waals surface area (Å²) < 4.78 is 16.6. The first-order valence-corrected chi connectivity index (χ1v) is 10.0. The fourth-order valence-electron chi connectivity index (χ4n) is 3.35. The van der Waals surface area contributed by atoms with Crippen LogP contribution in [0.3, 0.4) is 0 Å². The summed E-state index contributed by atoms with van der Waals surface area (Å²) in [4.78, 5) is 8.61. The van der Waals surface area contributed by atoms with Crippen LogP contribution in [0.25, 0.3) is 17.1 Å². The quantitative estimate of drug-likeness (QED) is 0.470. The van der Waals surface area contributed by atoms with Gasteiger partial charge in [0.2, 0.25) is 0 Å². The second-order valence-electron chi connectivity index (χ2n) is 7.06.